The molecule has 42 heavy (non-hydrogen) atoms. The molecule has 0 spiro atoms. The Hall–Kier alpha value is -4.01. The Morgan fingerprint density at radius 3 is 2.52 bits per heavy atom. The van der Waals surface area contributed by atoms with Gasteiger partial charge < -0.3 is 15.5 Å². The fourth-order valence-electron chi connectivity index (χ4n) is 4.81. The van der Waals surface area contributed by atoms with Gasteiger partial charge in [-0.3, -0.25) is 19.5 Å². The number of halogens is 3. The number of nitrogens with zero attached hydrogens (tertiary/aromatic N) is 4. The molecule has 1 saturated carbocycles. The molecule has 1 saturated heterocycles. The lowest BCUT2D eigenvalue weighted by atomic mass is 10.0. The lowest BCUT2D eigenvalue weighted by Gasteiger charge is -2.33. The van der Waals surface area contributed by atoms with E-state index in [-0.39, 0.29) is 36.0 Å². The number of likely N-dealkylation sites (N-methyl/N-ethyl adjacent to an activating group) is 1. The number of hydrogen-bond donors (Lipinski definition) is 2. The summed E-state index contributed by atoms with van der Waals surface area (Å²) in [6.45, 7) is 3.24. The lowest BCUT2D eigenvalue weighted by Crippen LogP contribution is -2.44. The van der Waals surface area contributed by atoms with Crippen molar-refractivity contribution >= 4 is 29.5 Å². The highest BCUT2D eigenvalue weighted by Gasteiger charge is 2.34. The third kappa shape index (κ3) is 8.27. The number of dihydropyridines is 1. The predicted molar refractivity (Wildman–Crippen MR) is 155 cm³/mol. The number of carbonyl (C=O) groups excluding carboxylic acids is 2. The summed E-state index contributed by atoms with van der Waals surface area (Å²) in [5.41, 5.74) is 1.01. The molecule has 220 valence electrons. The van der Waals surface area contributed by atoms with Crippen LogP contribution in [0.25, 0.3) is 0 Å². The predicted octanol–water partition coefficient (Wildman–Crippen LogP) is 4.35. The van der Waals surface area contributed by atoms with Gasteiger partial charge in [-0.05, 0) is 55.8 Å². The zero-order valence-electron chi connectivity index (χ0n) is 23.4. The number of alkyl halides is 3. The Kier molecular flexibility index (Phi) is 9.04. The topological polar surface area (TPSA) is 89.9 Å². The normalized spacial score (nSPS) is 19.4. The van der Waals surface area contributed by atoms with Crippen molar-refractivity contribution < 1.29 is 22.8 Å². The van der Waals surface area contributed by atoms with Gasteiger partial charge in [0, 0.05) is 74.3 Å². The minimum Gasteiger partial charge on any atom is -0.326 e. The highest BCUT2D eigenvalue weighted by molar-refractivity contribution is 5.93. The van der Waals surface area contributed by atoms with Crippen LogP contribution in [0.2, 0.25) is 0 Å². The molecule has 0 bridgehead atoms. The van der Waals surface area contributed by atoms with Gasteiger partial charge in [-0.15, -0.1) is 0 Å². The van der Waals surface area contributed by atoms with E-state index in [0.717, 1.165) is 37.6 Å². The molecule has 2 aromatic rings. The summed E-state index contributed by atoms with van der Waals surface area (Å²) >= 11 is 0. The van der Waals surface area contributed by atoms with Crippen molar-refractivity contribution in [1.82, 2.24) is 14.8 Å². The molecule has 5 rings (SSSR count). The van der Waals surface area contributed by atoms with Crippen LogP contribution in [0.15, 0.2) is 53.2 Å². The van der Waals surface area contributed by atoms with Gasteiger partial charge in [0.05, 0.1) is 18.0 Å². The molecular weight excluding hydrogens is 545 g/mol. The Bertz CT molecular complexity index is 1430. The maximum Gasteiger partial charge on any atom is 0.416 e. The largest absolute Gasteiger partial charge is 0.416 e. The van der Waals surface area contributed by atoms with Crippen LogP contribution in [0, 0.1) is 17.8 Å². The van der Waals surface area contributed by atoms with Crippen LogP contribution in [0.3, 0.4) is 0 Å². The third-order valence-electron chi connectivity index (χ3n) is 7.42. The lowest BCUT2D eigenvalue weighted by molar-refractivity contribution is -0.138. The average molecular weight is 579 g/mol. The van der Waals surface area contributed by atoms with Crippen molar-refractivity contribution in [2.24, 2.45) is 10.9 Å². The van der Waals surface area contributed by atoms with Gasteiger partial charge in [0.15, 0.2) is 0 Å². The van der Waals surface area contributed by atoms with E-state index >= 15 is 0 Å². The third-order valence-corrected chi connectivity index (χ3v) is 7.42. The molecule has 3 heterocycles. The van der Waals surface area contributed by atoms with Crippen molar-refractivity contribution in [3.8, 4) is 11.8 Å². The number of carbonyl (C=O) groups is 2. The summed E-state index contributed by atoms with van der Waals surface area (Å²) in [5, 5.41) is 5.39. The van der Waals surface area contributed by atoms with E-state index in [2.05, 4.69) is 37.4 Å². The maximum absolute atomic E-state index is 13.9. The molecule has 2 fully saturated rings. The second kappa shape index (κ2) is 12.9. The maximum atomic E-state index is 13.9. The van der Waals surface area contributed by atoms with Gasteiger partial charge in [0.2, 0.25) is 11.8 Å². The molecule has 1 unspecified atom stereocenters. The fourth-order valence-corrected chi connectivity index (χ4v) is 4.81. The number of amides is 2. The smallest absolute Gasteiger partial charge is 0.326 e. The van der Waals surface area contributed by atoms with Crippen LogP contribution in [0.1, 0.15) is 42.4 Å². The fraction of sp³-hybridized carbons (Fsp3) is 0.419. The van der Waals surface area contributed by atoms with E-state index in [1.165, 1.54) is 12.1 Å². The van der Waals surface area contributed by atoms with Crippen molar-refractivity contribution in [2.45, 2.75) is 44.4 Å². The van der Waals surface area contributed by atoms with Crippen molar-refractivity contribution in [1.29, 1.82) is 0 Å². The first kappa shape index (κ1) is 29.5. The monoisotopic (exact) mass is 578 g/mol. The van der Waals surface area contributed by atoms with Crippen molar-refractivity contribution in [3.63, 3.8) is 0 Å². The number of benzene rings is 1. The average Bonchev–Trinajstić information content (AvgIpc) is 3.80. The van der Waals surface area contributed by atoms with Gasteiger partial charge >= 0.3 is 6.18 Å². The van der Waals surface area contributed by atoms with Crippen LogP contribution < -0.4 is 10.6 Å². The molecule has 1 atom stereocenters. The summed E-state index contributed by atoms with van der Waals surface area (Å²) in [7, 11) is 2.00. The minimum absolute atomic E-state index is 0.0120. The Balaban J connectivity index is 1.17. The zero-order chi connectivity index (χ0) is 29.7. The van der Waals surface area contributed by atoms with E-state index in [4.69, 9.17) is 0 Å². The van der Waals surface area contributed by atoms with Crippen molar-refractivity contribution in [2.75, 3.05) is 43.9 Å². The van der Waals surface area contributed by atoms with Gasteiger partial charge in [-0.2, -0.15) is 13.2 Å². The molecule has 11 heteroatoms. The molecule has 2 N–H and O–H groups in total. The first-order chi connectivity index (χ1) is 20.1. The number of piperazine rings is 1. The van der Waals surface area contributed by atoms with Crippen LogP contribution in [0.4, 0.5) is 24.7 Å². The Morgan fingerprint density at radius 2 is 1.83 bits per heavy atom. The van der Waals surface area contributed by atoms with E-state index in [9.17, 15) is 22.8 Å². The number of aromatic nitrogens is 1. The number of anilines is 2. The molecule has 2 aliphatic heterocycles. The number of allylic oxidation sites excluding steroid dienone is 1. The van der Waals surface area contributed by atoms with E-state index in [1.54, 1.807) is 30.6 Å². The minimum atomic E-state index is -4.53. The quantitative estimate of drug-likeness (QED) is 0.477. The van der Waals surface area contributed by atoms with E-state index in [0.29, 0.717) is 30.9 Å². The van der Waals surface area contributed by atoms with Gasteiger partial charge in [0.25, 0.3) is 0 Å². The number of aliphatic imine (C=N–C) groups is 1. The number of hydrogen-bond acceptors (Lipinski definition) is 6. The molecule has 8 nitrogen and oxygen atoms in total. The number of rotatable bonds is 7. The molecule has 1 aromatic carbocycles. The van der Waals surface area contributed by atoms with E-state index in [1.807, 2.05) is 11.9 Å². The Morgan fingerprint density at radius 1 is 1.05 bits per heavy atom. The van der Waals surface area contributed by atoms with Gasteiger partial charge in [-0.25, -0.2) is 4.98 Å². The molecule has 0 radical (unpaired) electrons. The first-order valence-electron chi connectivity index (χ1n) is 14.0. The van der Waals surface area contributed by atoms with Crippen LogP contribution in [0.5, 0.6) is 0 Å². The molecule has 2 amide bonds. The summed E-state index contributed by atoms with van der Waals surface area (Å²) in [4.78, 5) is 37.3. The van der Waals surface area contributed by atoms with E-state index < -0.39 is 23.7 Å². The molecule has 1 aromatic heterocycles. The van der Waals surface area contributed by atoms with Gasteiger partial charge in [-0.1, -0.05) is 17.9 Å². The summed E-state index contributed by atoms with van der Waals surface area (Å²) in [6, 6.07) is 6.99. The van der Waals surface area contributed by atoms with Crippen LogP contribution in [-0.2, 0) is 22.3 Å². The highest BCUT2D eigenvalue weighted by atomic mass is 19.4. The molecule has 1 aliphatic carbocycles. The summed E-state index contributed by atoms with van der Waals surface area (Å²) in [5.74, 6) is 6.24. The first-order valence-corrected chi connectivity index (χ1v) is 14.0. The Labute approximate surface area is 243 Å². The van der Waals surface area contributed by atoms with Gasteiger partial charge in [0.1, 0.15) is 5.82 Å². The van der Waals surface area contributed by atoms with Crippen LogP contribution in [-0.4, -0.2) is 72.1 Å². The summed E-state index contributed by atoms with van der Waals surface area (Å²) in [6.07, 6.45) is 2.85. The SMILES string of the molecule is CN1CCN(Cc2ccc(NC(=O)CC3C=C(C#Cc4ccc(NC(=O)C5CC5)nc4)CC=N3)cc2C(F)(F)F)CC1. The molecular formula is C31H33F3N6O2. The second-order valence-electron chi connectivity index (χ2n) is 10.9. The second-order valence-corrected chi connectivity index (χ2v) is 10.9. The van der Waals surface area contributed by atoms with Crippen LogP contribution >= 0.6 is 0 Å². The van der Waals surface area contributed by atoms with Crippen molar-refractivity contribution in [3.05, 3.63) is 64.9 Å². The number of nitrogens with one attached hydrogen (secondary N) is 2. The summed E-state index contributed by atoms with van der Waals surface area (Å²) < 4.78 is 41.7. The highest BCUT2D eigenvalue weighted by Crippen LogP contribution is 2.35. The standard InChI is InChI=1S/C31H33F3N6O2/c1-39-12-14-40(15-13-39)20-24-7-8-25(17-27(24)31(32,33)34)37-29(41)18-26-16-21(10-11-35-26)2-3-22-4-9-28(36-19-22)38-30(42)23-5-6-23/h4,7-9,11,16-17,19,23,26H,5-6,10,12-15,18,20H2,1H3,(H,37,41)(H,36,38,42). The number of pyridine rings is 1. The zero-order valence-corrected chi connectivity index (χ0v) is 23.4. The molecule has 3 aliphatic rings.